The Hall–Kier alpha value is -3.41. The molecule has 1 N–H and O–H groups in total. The number of anilines is 2. The number of carbonyl (C=O) groups is 2. The van der Waals surface area contributed by atoms with E-state index in [2.05, 4.69) is 15.4 Å². The zero-order chi connectivity index (χ0) is 23.3. The number of halogens is 3. The third-order valence-corrected chi connectivity index (χ3v) is 6.92. The number of urea groups is 1. The zero-order valence-electron chi connectivity index (χ0n) is 17.5. The molecular formula is C21H19F3N6O2S. The Morgan fingerprint density at radius 3 is 2.64 bits per heavy atom. The lowest BCUT2D eigenvalue weighted by Gasteiger charge is -2.35. The lowest BCUT2D eigenvalue weighted by Crippen LogP contribution is -2.47. The van der Waals surface area contributed by atoms with Crippen LogP contribution in [0, 0.1) is 17.5 Å². The lowest BCUT2D eigenvalue weighted by atomic mass is 10.1. The highest BCUT2D eigenvalue weighted by Gasteiger charge is 2.37. The van der Waals surface area contributed by atoms with Crippen LogP contribution < -0.4 is 10.2 Å². The van der Waals surface area contributed by atoms with Crippen molar-refractivity contribution in [2.75, 3.05) is 16.8 Å². The SMILES string of the molecule is C[C@H]1Cn2ncc(N3CC(c4cncs4)CC3=O)c2CN1C(=O)Nc1cc(F)c(F)c(F)c1. The van der Waals surface area contributed by atoms with Gasteiger partial charge in [0.25, 0.3) is 0 Å². The Kier molecular flexibility index (Phi) is 5.31. The average molecular weight is 476 g/mol. The molecule has 5 rings (SSSR count). The number of nitrogens with one attached hydrogen (secondary N) is 1. The predicted molar refractivity (Wildman–Crippen MR) is 114 cm³/mol. The number of thiazole rings is 1. The van der Waals surface area contributed by atoms with Crippen LogP contribution in [0.25, 0.3) is 0 Å². The van der Waals surface area contributed by atoms with Gasteiger partial charge in [0.2, 0.25) is 5.91 Å². The number of fused-ring (bicyclic) bond motifs is 1. The summed E-state index contributed by atoms with van der Waals surface area (Å²) in [4.78, 5) is 33.9. The van der Waals surface area contributed by atoms with Crippen molar-refractivity contribution in [2.45, 2.75) is 38.4 Å². The largest absolute Gasteiger partial charge is 0.322 e. The molecule has 2 aromatic heterocycles. The van der Waals surface area contributed by atoms with Crippen LogP contribution >= 0.6 is 11.3 Å². The maximum absolute atomic E-state index is 13.5. The van der Waals surface area contributed by atoms with Crippen molar-refractivity contribution in [3.05, 3.63) is 58.1 Å². The Bertz CT molecular complexity index is 1210. The summed E-state index contributed by atoms with van der Waals surface area (Å²) >= 11 is 1.51. The van der Waals surface area contributed by atoms with Crippen LogP contribution in [0.1, 0.15) is 29.8 Å². The van der Waals surface area contributed by atoms with Crippen LogP contribution in [-0.2, 0) is 17.9 Å². The quantitative estimate of drug-likeness (QED) is 0.585. The highest BCUT2D eigenvalue weighted by molar-refractivity contribution is 7.09. The van der Waals surface area contributed by atoms with Crippen molar-refractivity contribution in [1.29, 1.82) is 0 Å². The number of hydrogen-bond donors (Lipinski definition) is 1. The van der Waals surface area contributed by atoms with Gasteiger partial charge in [0.05, 0.1) is 42.2 Å². The second kappa shape index (κ2) is 8.18. The second-order valence-corrected chi connectivity index (χ2v) is 9.05. The normalized spacial score (nSPS) is 20.3. The summed E-state index contributed by atoms with van der Waals surface area (Å²) in [5, 5.41) is 6.82. The minimum Gasteiger partial charge on any atom is -0.314 e. The zero-order valence-corrected chi connectivity index (χ0v) is 18.3. The summed E-state index contributed by atoms with van der Waals surface area (Å²) in [6.07, 6.45) is 3.77. The number of amides is 3. The van der Waals surface area contributed by atoms with Gasteiger partial charge >= 0.3 is 6.03 Å². The molecule has 3 aromatic rings. The Morgan fingerprint density at radius 1 is 1.18 bits per heavy atom. The van der Waals surface area contributed by atoms with Crippen LogP contribution in [0.15, 0.2) is 30.0 Å². The molecule has 3 amide bonds. The molecule has 2 aliphatic rings. The fourth-order valence-electron chi connectivity index (χ4n) is 4.27. The van der Waals surface area contributed by atoms with E-state index in [1.807, 2.05) is 6.92 Å². The first-order chi connectivity index (χ1) is 15.8. The van der Waals surface area contributed by atoms with Crippen LogP contribution in [0.5, 0.6) is 0 Å². The van der Waals surface area contributed by atoms with Crippen molar-refractivity contribution in [2.24, 2.45) is 0 Å². The highest BCUT2D eigenvalue weighted by atomic mass is 32.1. The third-order valence-electron chi connectivity index (χ3n) is 5.98. The number of hydrogen-bond acceptors (Lipinski definition) is 5. The molecule has 12 heteroatoms. The minimum atomic E-state index is -1.60. The molecule has 2 atom stereocenters. The average Bonchev–Trinajstić information content (AvgIpc) is 3.50. The van der Waals surface area contributed by atoms with E-state index in [4.69, 9.17) is 0 Å². The maximum atomic E-state index is 13.5. The van der Waals surface area contributed by atoms with Crippen LogP contribution in [0.4, 0.5) is 29.3 Å². The lowest BCUT2D eigenvalue weighted by molar-refractivity contribution is -0.117. The van der Waals surface area contributed by atoms with E-state index in [1.54, 1.807) is 27.5 Å². The molecule has 0 aliphatic carbocycles. The van der Waals surface area contributed by atoms with Gasteiger partial charge in [-0.15, -0.1) is 11.3 Å². The summed E-state index contributed by atoms with van der Waals surface area (Å²) < 4.78 is 42.0. The van der Waals surface area contributed by atoms with Crippen molar-refractivity contribution in [3.8, 4) is 0 Å². The van der Waals surface area contributed by atoms with Gasteiger partial charge in [-0.1, -0.05) is 0 Å². The molecule has 1 unspecified atom stereocenters. The molecule has 33 heavy (non-hydrogen) atoms. The van der Waals surface area contributed by atoms with E-state index in [-0.39, 0.29) is 30.1 Å². The van der Waals surface area contributed by atoms with Gasteiger partial charge in [-0.3, -0.25) is 14.5 Å². The van der Waals surface area contributed by atoms with E-state index in [0.717, 1.165) is 17.0 Å². The number of nitrogens with zero attached hydrogens (tertiary/aromatic N) is 5. The summed E-state index contributed by atoms with van der Waals surface area (Å²) in [6, 6.07) is 0.577. The van der Waals surface area contributed by atoms with Crippen molar-refractivity contribution in [1.82, 2.24) is 19.7 Å². The Morgan fingerprint density at radius 2 is 1.94 bits per heavy atom. The van der Waals surface area contributed by atoms with Crippen molar-refractivity contribution in [3.63, 3.8) is 0 Å². The monoisotopic (exact) mass is 476 g/mol. The standard InChI is InChI=1S/C21H19F3N6O2S/c1-11-7-30-17(9-28(11)21(32)27-13-3-14(22)20(24)15(23)4-13)16(5-26-30)29-8-12(2-19(29)31)18-6-25-10-33-18/h3-6,10-12H,2,7-9H2,1H3,(H,27,32)/t11-,12?/m0/s1. The summed E-state index contributed by atoms with van der Waals surface area (Å²) in [6.45, 7) is 2.84. The van der Waals surface area contributed by atoms with Crippen LogP contribution in [0.2, 0.25) is 0 Å². The minimum absolute atomic E-state index is 0.0314. The summed E-state index contributed by atoms with van der Waals surface area (Å²) in [5.74, 6) is -4.36. The molecule has 4 heterocycles. The Balaban J connectivity index is 1.36. The van der Waals surface area contributed by atoms with Gasteiger partial charge in [0, 0.05) is 47.8 Å². The van der Waals surface area contributed by atoms with Crippen molar-refractivity contribution < 1.29 is 22.8 Å². The molecule has 1 aromatic carbocycles. The molecule has 0 saturated carbocycles. The van der Waals surface area contributed by atoms with Gasteiger partial charge in [-0.2, -0.15) is 5.10 Å². The van der Waals surface area contributed by atoms with E-state index in [1.165, 1.54) is 16.2 Å². The number of carbonyl (C=O) groups excluding carboxylic acids is 2. The van der Waals surface area contributed by atoms with Crippen LogP contribution in [-0.4, -0.2) is 44.2 Å². The van der Waals surface area contributed by atoms with Crippen LogP contribution in [0.3, 0.4) is 0 Å². The molecule has 1 saturated heterocycles. The van der Waals surface area contributed by atoms with E-state index >= 15 is 0 Å². The fraction of sp³-hybridized carbons (Fsp3) is 0.333. The molecule has 1 fully saturated rings. The molecule has 0 radical (unpaired) electrons. The maximum Gasteiger partial charge on any atom is 0.322 e. The number of rotatable bonds is 3. The topological polar surface area (TPSA) is 83.4 Å². The van der Waals surface area contributed by atoms with Crippen molar-refractivity contribution >= 4 is 34.6 Å². The molecule has 172 valence electrons. The molecular weight excluding hydrogens is 457 g/mol. The number of benzene rings is 1. The highest BCUT2D eigenvalue weighted by Crippen LogP contribution is 2.36. The molecule has 0 bridgehead atoms. The predicted octanol–water partition coefficient (Wildman–Crippen LogP) is 3.71. The van der Waals surface area contributed by atoms with Gasteiger partial charge < -0.3 is 15.1 Å². The van der Waals surface area contributed by atoms with E-state index in [0.29, 0.717) is 30.9 Å². The smallest absolute Gasteiger partial charge is 0.314 e. The van der Waals surface area contributed by atoms with Gasteiger partial charge in [0.15, 0.2) is 17.5 Å². The summed E-state index contributed by atoms with van der Waals surface area (Å²) in [5.41, 5.74) is 2.87. The molecule has 0 spiro atoms. The van der Waals surface area contributed by atoms with Gasteiger partial charge in [0.1, 0.15) is 0 Å². The van der Waals surface area contributed by atoms with E-state index in [9.17, 15) is 22.8 Å². The van der Waals surface area contributed by atoms with Gasteiger partial charge in [-0.25, -0.2) is 18.0 Å². The fourth-order valence-corrected chi connectivity index (χ4v) is 4.98. The first-order valence-corrected chi connectivity index (χ1v) is 11.2. The third kappa shape index (κ3) is 3.84. The van der Waals surface area contributed by atoms with E-state index < -0.39 is 23.5 Å². The molecule has 2 aliphatic heterocycles. The van der Waals surface area contributed by atoms with Gasteiger partial charge in [-0.05, 0) is 6.92 Å². The Labute approximate surface area is 190 Å². The molecule has 8 nitrogen and oxygen atoms in total. The first kappa shape index (κ1) is 21.4. The first-order valence-electron chi connectivity index (χ1n) is 10.3. The summed E-state index contributed by atoms with van der Waals surface area (Å²) in [7, 11) is 0. The second-order valence-electron chi connectivity index (χ2n) is 8.13. The number of aromatic nitrogens is 3.